The van der Waals surface area contributed by atoms with E-state index in [0.717, 1.165) is 11.3 Å². The molecule has 1 aliphatic heterocycles. The van der Waals surface area contributed by atoms with Gasteiger partial charge in [-0.2, -0.15) is 0 Å². The zero-order valence-electron chi connectivity index (χ0n) is 16.5. The molecule has 29 heavy (non-hydrogen) atoms. The Hall–Kier alpha value is -3.35. The van der Waals surface area contributed by atoms with Gasteiger partial charge in [-0.3, -0.25) is 14.5 Å². The van der Waals surface area contributed by atoms with Gasteiger partial charge in [0, 0.05) is 0 Å². The average molecular weight is 397 g/mol. The van der Waals surface area contributed by atoms with Crippen molar-refractivity contribution in [1.82, 2.24) is 4.90 Å². The van der Waals surface area contributed by atoms with Crippen molar-refractivity contribution in [2.45, 2.75) is 20.3 Å². The highest BCUT2D eigenvalue weighted by Gasteiger charge is 2.34. The van der Waals surface area contributed by atoms with Gasteiger partial charge in [0.15, 0.2) is 11.5 Å². The van der Waals surface area contributed by atoms with E-state index >= 15 is 0 Å². The number of hydrogen-bond acceptors (Lipinski definition) is 6. The first-order chi connectivity index (χ1) is 14.1. The van der Waals surface area contributed by atoms with Gasteiger partial charge in [-0.25, -0.2) is 4.79 Å². The predicted octanol–water partition coefficient (Wildman–Crippen LogP) is 3.33. The maximum atomic E-state index is 12.4. The normalized spacial score (nSPS) is 12.7. The molecule has 7 heteroatoms. The van der Waals surface area contributed by atoms with E-state index in [4.69, 9.17) is 14.2 Å². The standard InChI is InChI=1S/C22H23NO6/c1-3-12-28-18-10-9-15(14-19(18)27-4-2)22(26)29-13-11-23-20(24)16-7-5-6-8-17(16)21(23)25/h5-10,14H,3-4,11-13H2,1-2H3. The van der Waals surface area contributed by atoms with Crippen molar-refractivity contribution in [1.29, 1.82) is 0 Å². The zero-order valence-corrected chi connectivity index (χ0v) is 16.5. The van der Waals surface area contributed by atoms with E-state index in [1.54, 1.807) is 42.5 Å². The van der Waals surface area contributed by atoms with Crippen LogP contribution in [0.5, 0.6) is 11.5 Å². The van der Waals surface area contributed by atoms with E-state index in [1.165, 1.54) is 0 Å². The maximum Gasteiger partial charge on any atom is 0.338 e. The van der Waals surface area contributed by atoms with Crippen molar-refractivity contribution in [3.8, 4) is 11.5 Å². The third kappa shape index (κ3) is 4.39. The fourth-order valence-electron chi connectivity index (χ4n) is 2.99. The molecule has 0 saturated heterocycles. The molecule has 0 fully saturated rings. The second-order valence-corrected chi connectivity index (χ2v) is 6.39. The molecule has 2 aromatic rings. The summed E-state index contributed by atoms with van der Waals surface area (Å²) in [5.41, 5.74) is 1.04. The number of benzene rings is 2. The van der Waals surface area contributed by atoms with Crippen LogP contribution in [0.3, 0.4) is 0 Å². The molecule has 0 radical (unpaired) electrons. The van der Waals surface area contributed by atoms with Crippen molar-refractivity contribution >= 4 is 17.8 Å². The Morgan fingerprint density at radius 3 is 2.21 bits per heavy atom. The van der Waals surface area contributed by atoms with E-state index in [2.05, 4.69) is 0 Å². The summed E-state index contributed by atoms with van der Waals surface area (Å²) in [7, 11) is 0. The number of imide groups is 1. The van der Waals surface area contributed by atoms with Crippen LogP contribution in [0, 0.1) is 0 Å². The van der Waals surface area contributed by atoms with Gasteiger partial charge < -0.3 is 14.2 Å². The van der Waals surface area contributed by atoms with E-state index in [0.29, 0.717) is 41.4 Å². The summed E-state index contributed by atoms with van der Waals surface area (Å²) in [6.07, 6.45) is 0.854. The van der Waals surface area contributed by atoms with Gasteiger partial charge >= 0.3 is 5.97 Å². The number of carbonyl (C=O) groups is 3. The van der Waals surface area contributed by atoms with Crippen LogP contribution in [0.15, 0.2) is 42.5 Å². The number of ether oxygens (including phenoxy) is 3. The van der Waals surface area contributed by atoms with Gasteiger partial charge in [-0.1, -0.05) is 19.1 Å². The minimum atomic E-state index is -0.565. The summed E-state index contributed by atoms with van der Waals surface area (Å²) in [6.45, 7) is 4.72. The predicted molar refractivity (Wildman–Crippen MR) is 105 cm³/mol. The summed E-state index contributed by atoms with van der Waals surface area (Å²) in [6, 6.07) is 11.5. The molecule has 7 nitrogen and oxygen atoms in total. The molecule has 0 aliphatic carbocycles. The Morgan fingerprint density at radius 1 is 0.897 bits per heavy atom. The average Bonchev–Trinajstić information content (AvgIpc) is 2.98. The molecule has 152 valence electrons. The Labute approximate surface area is 169 Å². The first kappa shape index (κ1) is 20.4. The number of amides is 2. The lowest BCUT2D eigenvalue weighted by molar-refractivity contribution is 0.0420. The quantitative estimate of drug-likeness (QED) is 0.477. The third-order valence-electron chi connectivity index (χ3n) is 4.37. The molecule has 0 N–H and O–H groups in total. The van der Waals surface area contributed by atoms with Crippen LogP contribution in [-0.2, 0) is 4.74 Å². The van der Waals surface area contributed by atoms with Crippen LogP contribution in [0.2, 0.25) is 0 Å². The molecule has 0 bridgehead atoms. The van der Waals surface area contributed by atoms with Crippen molar-refractivity contribution in [3.63, 3.8) is 0 Å². The minimum Gasteiger partial charge on any atom is -0.490 e. The SMILES string of the molecule is CCCOc1ccc(C(=O)OCCN2C(=O)c3ccccc3C2=O)cc1OCC. The first-order valence-electron chi connectivity index (χ1n) is 9.58. The van der Waals surface area contributed by atoms with Crippen molar-refractivity contribution < 1.29 is 28.6 Å². The van der Waals surface area contributed by atoms with Gasteiger partial charge in [0.05, 0.1) is 36.4 Å². The molecule has 0 atom stereocenters. The Bertz CT molecular complexity index is 888. The molecule has 0 saturated carbocycles. The second-order valence-electron chi connectivity index (χ2n) is 6.39. The highest BCUT2D eigenvalue weighted by Crippen LogP contribution is 2.29. The Morgan fingerprint density at radius 2 is 1.59 bits per heavy atom. The second kappa shape index (κ2) is 9.23. The molecule has 1 aliphatic rings. The van der Waals surface area contributed by atoms with E-state index in [-0.39, 0.29) is 25.0 Å². The van der Waals surface area contributed by atoms with E-state index in [1.807, 2.05) is 13.8 Å². The molecule has 1 heterocycles. The molecular formula is C22H23NO6. The van der Waals surface area contributed by atoms with E-state index in [9.17, 15) is 14.4 Å². The third-order valence-corrected chi connectivity index (χ3v) is 4.37. The van der Waals surface area contributed by atoms with Gasteiger partial charge in [0.25, 0.3) is 11.8 Å². The topological polar surface area (TPSA) is 82.1 Å². The van der Waals surface area contributed by atoms with Crippen molar-refractivity contribution in [2.75, 3.05) is 26.4 Å². The summed E-state index contributed by atoms with van der Waals surface area (Å²) in [5, 5.41) is 0. The number of rotatable bonds is 9. The van der Waals surface area contributed by atoms with E-state index < -0.39 is 5.97 Å². The minimum absolute atomic E-state index is 0.00585. The first-order valence-corrected chi connectivity index (χ1v) is 9.58. The van der Waals surface area contributed by atoms with Gasteiger partial charge in [-0.15, -0.1) is 0 Å². The van der Waals surface area contributed by atoms with Gasteiger partial charge in [-0.05, 0) is 43.7 Å². The van der Waals surface area contributed by atoms with Gasteiger partial charge in [0.1, 0.15) is 6.61 Å². The highest BCUT2D eigenvalue weighted by molar-refractivity contribution is 6.21. The van der Waals surface area contributed by atoms with Crippen LogP contribution in [-0.4, -0.2) is 49.0 Å². The molecular weight excluding hydrogens is 374 g/mol. The highest BCUT2D eigenvalue weighted by atomic mass is 16.5. The maximum absolute atomic E-state index is 12.4. The zero-order chi connectivity index (χ0) is 20.8. The molecule has 2 amide bonds. The summed E-state index contributed by atoms with van der Waals surface area (Å²) in [4.78, 5) is 38.1. The number of hydrogen-bond donors (Lipinski definition) is 0. The fourth-order valence-corrected chi connectivity index (χ4v) is 2.99. The van der Waals surface area contributed by atoms with Crippen LogP contribution in [0.25, 0.3) is 0 Å². The number of nitrogens with zero attached hydrogens (tertiary/aromatic N) is 1. The Kier molecular flexibility index (Phi) is 6.49. The van der Waals surface area contributed by atoms with Crippen LogP contribution < -0.4 is 9.47 Å². The lowest BCUT2D eigenvalue weighted by Crippen LogP contribution is -2.33. The summed E-state index contributed by atoms with van der Waals surface area (Å²) in [5.74, 6) is -0.285. The summed E-state index contributed by atoms with van der Waals surface area (Å²) >= 11 is 0. The van der Waals surface area contributed by atoms with Gasteiger partial charge in [0.2, 0.25) is 0 Å². The van der Waals surface area contributed by atoms with Crippen LogP contribution in [0.1, 0.15) is 51.3 Å². The number of fused-ring (bicyclic) bond motifs is 1. The largest absolute Gasteiger partial charge is 0.490 e. The smallest absolute Gasteiger partial charge is 0.338 e. The lowest BCUT2D eigenvalue weighted by Gasteiger charge is -2.15. The number of esters is 1. The van der Waals surface area contributed by atoms with Crippen molar-refractivity contribution in [3.05, 3.63) is 59.2 Å². The lowest BCUT2D eigenvalue weighted by atomic mass is 10.1. The molecule has 0 unspecified atom stereocenters. The number of carbonyl (C=O) groups excluding carboxylic acids is 3. The monoisotopic (exact) mass is 397 g/mol. The fraction of sp³-hybridized carbons (Fsp3) is 0.318. The molecule has 0 aromatic heterocycles. The molecule has 3 rings (SSSR count). The van der Waals surface area contributed by atoms with Crippen molar-refractivity contribution in [2.24, 2.45) is 0 Å². The molecule has 0 spiro atoms. The van der Waals surface area contributed by atoms with Crippen LogP contribution >= 0.6 is 0 Å². The molecule has 2 aromatic carbocycles. The van der Waals surface area contributed by atoms with Crippen LogP contribution in [0.4, 0.5) is 0 Å². The summed E-state index contributed by atoms with van der Waals surface area (Å²) < 4.78 is 16.4. The Balaban J connectivity index is 1.60.